The van der Waals surface area contributed by atoms with Gasteiger partial charge in [-0.25, -0.2) is 19.0 Å². The molecule has 43 heavy (non-hydrogen) atoms. The van der Waals surface area contributed by atoms with E-state index in [1.807, 2.05) is 0 Å². The predicted octanol–water partition coefficient (Wildman–Crippen LogP) is 2.48. The Bertz CT molecular complexity index is 1630. The Labute approximate surface area is 249 Å². The molecular formula is C28H29ClF2N8O4. The average Bonchev–Trinajstić information content (AvgIpc) is 3.72. The average molecular weight is 615 g/mol. The van der Waals surface area contributed by atoms with E-state index in [-0.39, 0.29) is 49.0 Å². The molecule has 1 saturated heterocycles. The summed E-state index contributed by atoms with van der Waals surface area (Å²) in [5, 5.41) is 8.36. The van der Waals surface area contributed by atoms with Crippen LogP contribution in [0.2, 0.25) is 5.02 Å². The van der Waals surface area contributed by atoms with E-state index in [0.717, 1.165) is 4.90 Å². The van der Waals surface area contributed by atoms with E-state index in [2.05, 4.69) is 31.8 Å². The molecule has 1 fully saturated rings. The van der Waals surface area contributed by atoms with Crippen molar-refractivity contribution in [3.05, 3.63) is 64.6 Å². The Morgan fingerprint density at radius 3 is 2.70 bits per heavy atom. The number of hydrogen-bond acceptors (Lipinski definition) is 7. The Hall–Kier alpha value is -4.56. The zero-order valence-corrected chi connectivity index (χ0v) is 23.8. The highest BCUT2D eigenvalue weighted by molar-refractivity contribution is 6.30. The Kier molecular flexibility index (Phi) is 8.87. The minimum Gasteiger partial charge on any atom is -0.350 e. The summed E-state index contributed by atoms with van der Waals surface area (Å²) in [5.74, 6) is -1.48. The molecule has 5 N–H and O–H groups in total. The summed E-state index contributed by atoms with van der Waals surface area (Å²) in [6.07, 6.45) is -0.0898. The number of fused-ring (bicyclic) bond motifs is 1. The maximum Gasteiger partial charge on any atom is 0.319 e. The predicted molar refractivity (Wildman–Crippen MR) is 156 cm³/mol. The molecule has 226 valence electrons. The van der Waals surface area contributed by atoms with E-state index < -0.39 is 35.9 Å². The molecule has 4 amide bonds. The number of aromatic nitrogens is 1. The van der Waals surface area contributed by atoms with Crippen LogP contribution in [0.25, 0.3) is 10.9 Å². The van der Waals surface area contributed by atoms with Crippen molar-refractivity contribution in [1.29, 1.82) is 0 Å². The van der Waals surface area contributed by atoms with E-state index in [9.17, 15) is 28.0 Å². The first-order chi connectivity index (χ1) is 20.6. The van der Waals surface area contributed by atoms with E-state index in [1.54, 1.807) is 28.8 Å². The summed E-state index contributed by atoms with van der Waals surface area (Å²) in [7, 11) is 0. The Morgan fingerprint density at radius 2 is 1.95 bits per heavy atom. The molecule has 0 spiro atoms. The van der Waals surface area contributed by atoms with Gasteiger partial charge in [0.15, 0.2) is 5.78 Å². The van der Waals surface area contributed by atoms with Gasteiger partial charge in [-0.05, 0) is 31.2 Å². The third-order valence-corrected chi connectivity index (χ3v) is 7.47. The number of anilines is 1. The maximum atomic E-state index is 14.5. The maximum absolute atomic E-state index is 14.5. The lowest BCUT2D eigenvalue weighted by Gasteiger charge is -2.24. The van der Waals surface area contributed by atoms with Crippen LogP contribution in [0.5, 0.6) is 0 Å². The van der Waals surface area contributed by atoms with Gasteiger partial charge in [0.1, 0.15) is 37.1 Å². The first kappa shape index (κ1) is 29.9. The Morgan fingerprint density at radius 1 is 1.14 bits per heavy atom. The number of likely N-dealkylation sites (tertiary alicyclic amines) is 1. The zero-order valence-electron chi connectivity index (χ0n) is 23.0. The molecule has 2 aliphatic heterocycles. The van der Waals surface area contributed by atoms with Crippen molar-refractivity contribution in [2.75, 3.05) is 25.1 Å². The van der Waals surface area contributed by atoms with Crippen LogP contribution in [0.4, 0.5) is 19.3 Å². The number of ketones is 1. The quantitative estimate of drug-likeness (QED) is 0.234. The second kappa shape index (κ2) is 12.8. The van der Waals surface area contributed by atoms with Crippen LogP contribution in [-0.2, 0) is 22.7 Å². The van der Waals surface area contributed by atoms with Crippen LogP contribution in [0.1, 0.15) is 29.3 Å². The first-order valence-electron chi connectivity index (χ1n) is 13.5. The van der Waals surface area contributed by atoms with Gasteiger partial charge in [0, 0.05) is 46.9 Å². The van der Waals surface area contributed by atoms with Crippen molar-refractivity contribution in [2.24, 2.45) is 4.99 Å². The molecule has 0 unspecified atom stereocenters. The Balaban J connectivity index is 1.28. The lowest BCUT2D eigenvalue weighted by atomic mass is 10.1. The summed E-state index contributed by atoms with van der Waals surface area (Å²) in [5.41, 5.74) is 7.05. The van der Waals surface area contributed by atoms with Crippen molar-refractivity contribution in [3.8, 4) is 0 Å². The summed E-state index contributed by atoms with van der Waals surface area (Å²) >= 11 is 5.80. The number of rotatable bonds is 9. The third-order valence-electron chi connectivity index (χ3n) is 7.18. The summed E-state index contributed by atoms with van der Waals surface area (Å²) in [4.78, 5) is 56.4. The smallest absolute Gasteiger partial charge is 0.319 e. The fraction of sp³-hybridized carbons (Fsp3) is 0.321. The molecule has 12 nitrogen and oxygen atoms in total. The van der Waals surface area contributed by atoms with Gasteiger partial charge in [0.2, 0.25) is 11.8 Å². The van der Waals surface area contributed by atoms with Gasteiger partial charge in [0.05, 0.1) is 18.1 Å². The van der Waals surface area contributed by atoms with Gasteiger partial charge in [-0.2, -0.15) is 0 Å². The number of hydrogen-bond donors (Lipinski definition) is 5. The van der Waals surface area contributed by atoms with Crippen molar-refractivity contribution in [2.45, 2.75) is 38.6 Å². The molecule has 0 saturated carbocycles. The molecule has 15 heteroatoms. The number of urea groups is 1. The van der Waals surface area contributed by atoms with Crippen molar-refractivity contribution in [3.63, 3.8) is 0 Å². The van der Waals surface area contributed by atoms with Gasteiger partial charge in [-0.15, -0.1) is 0 Å². The number of aliphatic imine (C=N–C) groups is 1. The van der Waals surface area contributed by atoms with Crippen molar-refractivity contribution < 1.29 is 28.0 Å². The normalized spacial score (nSPS) is 17.9. The monoisotopic (exact) mass is 614 g/mol. The van der Waals surface area contributed by atoms with Crippen LogP contribution in [0.3, 0.4) is 0 Å². The number of Topliss-reactive ketones (excluding diaryl/α,β-unsaturated/α-hetero) is 1. The van der Waals surface area contributed by atoms with Gasteiger partial charge >= 0.3 is 6.03 Å². The number of nitrogens with zero attached hydrogens (tertiary/aromatic N) is 3. The van der Waals surface area contributed by atoms with Crippen LogP contribution >= 0.6 is 11.6 Å². The summed E-state index contributed by atoms with van der Waals surface area (Å²) in [6, 6.07) is 7.73. The zero-order chi connectivity index (χ0) is 30.7. The number of carbonyl (C=O) groups is 4. The van der Waals surface area contributed by atoms with Crippen molar-refractivity contribution >= 4 is 57.7 Å². The molecule has 5 rings (SSSR count). The molecule has 2 aliphatic rings. The topological polar surface area (TPSA) is 149 Å². The highest BCUT2D eigenvalue weighted by Gasteiger charge is 2.39. The highest BCUT2D eigenvalue weighted by atomic mass is 35.5. The molecule has 2 aromatic carbocycles. The first-order valence-corrected chi connectivity index (χ1v) is 13.8. The minimum atomic E-state index is -1.41. The van der Waals surface area contributed by atoms with Crippen molar-refractivity contribution in [1.82, 2.24) is 31.0 Å². The van der Waals surface area contributed by atoms with E-state index >= 15 is 0 Å². The molecule has 1 aromatic heterocycles. The lowest BCUT2D eigenvalue weighted by molar-refractivity contribution is -0.139. The van der Waals surface area contributed by atoms with Gasteiger partial charge in [-0.1, -0.05) is 23.7 Å². The fourth-order valence-corrected chi connectivity index (χ4v) is 5.27. The van der Waals surface area contributed by atoms with E-state index in [1.165, 1.54) is 25.3 Å². The van der Waals surface area contributed by atoms with Crippen LogP contribution in [0, 0.1) is 5.82 Å². The van der Waals surface area contributed by atoms with Crippen LogP contribution in [-0.4, -0.2) is 70.9 Å². The largest absolute Gasteiger partial charge is 0.350 e. The molecule has 0 aliphatic carbocycles. The molecule has 0 radical (unpaired) electrons. The lowest BCUT2D eigenvalue weighted by Crippen LogP contribution is -2.46. The highest BCUT2D eigenvalue weighted by Crippen LogP contribution is 2.27. The number of amides is 4. The molecule has 3 heterocycles. The minimum absolute atomic E-state index is 0.0895. The number of benzene rings is 2. The number of carbonyl (C=O) groups excluding carboxylic acids is 4. The van der Waals surface area contributed by atoms with E-state index in [0.29, 0.717) is 34.7 Å². The van der Waals surface area contributed by atoms with Gasteiger partial charge in [0.25, 0.3) is 0 Å². The second-order valence-corrected chi connectivity index (χ2v) is 10.6. The van der Waals surface area contributed by atoms with Gasteiger partial charge in [-0.3, -0.25) is 19.4 Å². The van der Waals surface area contributed by atoms with Gasteiger partial charge < -0.3 is 30.8 Å². The van der Waals surface area contributed by atoms with Crippen LogP contribution in [0.15, 0.2) is 47.6 Å². The number of halogens is 3. The number of amidine groups is 1. The molecule has 2 atom stereocenters. The fourth-order valence-electron chi connectivity index (χ4n) is 5.07. The standard InChI is InChI=1S/C28H29ClF2N8O4/c1-15(40)20-12-38(22-6-5-18(8-19(20)22)36-28(43)33-10-24-34-14-35-37-24)13-25(41)39-11-17(30)7-23(39)27(42)32-9-16-3-2-4-21(29)26(16)31/h2-6,8,12,17,23,35H,7,9-11,13-14H2,1H3,(H,32,42)(H,34,37)(H2,33,36,43)/t17-,23+/m1/s1. The van der Waals surface area contributed by atoms with E-state index in [4.69, 9.17) is 11.6 Å². The summed E-state index contributed by atoms with van der Waals surface area (Å²) < 4.78 is 30.3. The summed E-state index contributed by atoms with van der Waals surface area (Å²) in [6.45, 7) is 1.26. The molecule has 3 aromatic rings. The SMILES string of the molecule is CC(=O)c1cn(CC(=O)N2C[C@H](F)C[C@H]2C(=O)NCc2cccc(Cl)c2F)c2ccc(NC(=O)NCC3=NCNN3)cc12. The number of nitrogens with one attached hydrogen (secondary N) is 5. The second-order valence-electron chi connectivity index (χ2n) is 10.2. The number of hydrazine groups is 1. The molecular weight excluding hydrogens is 586 g/mol. The molecule has 0 bridgehead atoms. The van der Waals surface area contributed by atoms with Crippen LogP contribution < -0.4 is 26.8 Å². The third kappa shape index (κ3) is 6.75. The number of alkyl halides is 1.